The van der Waals surface area contributed by atoms with Crippen LogP contribution in [0.3, 0.4) is 0 Å². The van der Waals surface area contributed by atoms with Crippen molar-refractivity contribution in [3.05, 3.63) is 52.3 Å². The molecule has 1 aliphatic heterocycles. The van der Waals surface area contributed by atoms with Gasteiger partial charge < -0.3 is 10.1 Å². The van der Waals surface area contributed by atoms with Crippen LogP contribution in [0.2, 0.25) is 0 Å². The number of rotatable bonds is 4. The topological polar surface area (TPSA) is 56.2 Å². The minimum absolute atomic E-state index is 0.0183. The summed E-state index contributed by atoms with van der Waals surface area (Å²) in [6.07, 6.45) is -4.36. The number of nitrogens with one attached hydrogen (secondary N) is 1. The Kier molecular flexibility index (Phi) is 4.94. The second-order valence-electron chi connectivity index (χ2n) is 5.65. The predicted molar refractivity (Wildman–Crippen MR) is 79.3 cm³/mol. The van der Waals surface area contributed by atoms with Crippen molar-refractivity contribution in [2.24, 2.45) is 0 Å². The molecular weight excluding hydrogens is 361 g/mol. The van der Waals surface area contributed by atoms with Crippen LogP contribution in [0, 0.1) is 11.6 Å². The van der Waals surface area contributed by atoms with Crippen molar-refractivity contribution in [1.29, 1.82) is 0 Å². The first-order valence-corrected chi connectivity index (χ1v) is 7.74. The van der Waals surface area contributed by atoms with Gasteiger partial charge in [-0.05, 0) is 12.1 Å². The molecule has 140 valence electrons. The highest BCUT2D eigenvalue weighted by atomic mass is 19.4. The lowest BCUT2D eigenvalue weighted by Gasteiger charge is -2.15. The van der Waals surface area contributed by atoms with E-state index in [4.69, 9.17) is 4.74 Å². The number of halogens is 5. The van der Waals surface area contributed by atoms with Crippen LogP contribution >= 0.6 is 0 Å². The number of aromatic nitrogens is 2. The molecule has 0 radical (unpaired) electrons. The number of carbonyl (C=O) groups excluding carboxylic acids is 1. The van der Waals surface area contributed by atoms with Gasteiger partial charge in [-0.1, -0.05) is 6.07 Å². The van der Waals surface area contributed by atoms with E-state index >= 15 is 0 Å². The van der Waals surface area contributed by atoms with Crippen LogP contribution in [-0.4, -0.2) is 28.8 Å². The van der Waals surface area contributed by atoms with E-state index in [1.807, 2.05) is 0 Å². The third-order valence-electron chi connectivity index (χ3n) is 3.96. The van der Waals surface area contributed by atoms with E-state index < -0.39 is 35.0 Å². The standard InChI is InChI=1S/C16H14F5N3O2/c17-10-2-1-3-11(18)13(10)15(25)22-5-6-24-12-4-7-26-8-9(12)14(23-24)16(19,20)21/h1-3H,4-8H2,(H,22,25). The molecule has 1 aliphatic rings. The zero-order valence-electron chi connectivity index (χ0n) is 13.4. The van der Waals surface area contributed by atoms with Gasteiger partial charge in [0.15, 0.2) is 5.69 Å². The fourth-order valence-corrected chi connectivity index (χ4v) is 2.80. The van der Waals surface area contributed by atoms with Gasteiger partial charge in [0.1, 0.15) is 17.2 Å². The highest BCUT2D eigenvalue weighted by Gasteiger charge is 2.39. The molecule has 0 saturated carbocycles. The zero-order valence-corrected chi connectivity index (χ0v) is 13.4. The third-order valence-corrected chi connectivity index (χ3v) is 3.96. The molecule has 2 heterocycles. The summed E-state index contributed by atoms with van der Waals surface area (Å²) in [5, 5.41) is 5.87. The lowest BCUT2D eigenvalue weighted by atomic mass is 10.1. The summed E-state index contributed by atoms with van der Waals surface area (Å²) in [6, 6.07) is 3.01. The van der Waals surface area contributed by atoms with E-state index in [1.54, 1.807) is 0 Å². The molecule has 0 unspecified atom stereocenters. The molecule has 26 heavy (non-hydrogen) atoms. The smallest absolute Gasteiger partial charge is 0.376 e. The molecule has 10 heteroatoms. The van der Waals surface area contributed by atoms with Gasteiger partial charge in [-0.25, -0.2) is 8.78 Å². The number of nitrogens with zero attached hydrogens (tertiary/aromatic N) is 2. The number of fused-ring (bicyclic) bond motifs is 1. The fourth-order valence-electron chi connectivity index (χ4n) is 2.80. The van der Waals surface area contributed by atoms with Gasteiger partial charge in [0, 0.05) is 24.2 Å². The molecule has 0 fully saturated rings. The summed E-state index contributed by atoms with van der Waals surface area (Å²) in [4.78, 5) is 11.9. The summed E-state index contributed by atoms with van der Waals surface area (Å²) >= 11 is 0. The summed E-state index contributed by atoms with van der Waals surface area (Å²) in [5.41, 5.74) is -1.39. The summed E-state index contributed by atoms with van der Waals surface area (Å²) < 4.78 is 72.5. The number of ether oxygens (including phenoxy) is 1. The Morgan fingerprint density at radius 3 is 2.62 bits per heavy atom. The molecule has 0 atom stereocenters. The molecule has 2 aromatic rings. The molecule has 1 aromatic heterocycles. The second-order valence-corrected chi connectivity index (χ2v) is 5.65. The Bertz CT molecular complexity index is 812. The summed E-state index contributed by atoms with van der Waals surface area (Å²) in [7, 11) is 0. The Morgan fingerprint density at radius 1 is 1.27 bits per heavy atom. The van der Waals surface area contributed by atoms with Crippen molar-refractivity contribution in [2.75, 3.05) is 13.2 Å². The maximum atomic E-state index is 13.6. The molecule has 0 spiro atoms. The molecule has 0 aliphatic carbocycles. The fraction of sp³-hybridized carbons (Fsp3) is 0.375. The molecule has 1 amide bonds. The number of benzene rings is 1. The highest BCUT2D eigenvalue weighted by molar-refractivity contribution is 5.94. The summed E-state index contributed by atoms with van der Waals surface area (Å²) in [6.45, 7) is -0.126. The van der Waals surface area contributed by atoms with Gasteiger partial charge in [0.05, 0.1) is 19.8 Å². The number of carbonyl (C=O) groups is 1. The van der Waals surface area contributed by atoms with Crippen molar-refractivity contribution in [1.82, 2.24) is 15.1 Å². The average Bonchev–Trinajstić information content (AvgIpc) is 2.94. The first kappa shape index (κ1) is 18.3. The first-order valence-electron chi connectivity index (χ1n) is 7.74. The van der Waals surface area contributed by atoms with Crippen molar-refractivity contribution in [3.8, 4) is 0 Å². The van der Waals surface area contributed by atoms with E-state index in [1.165, 1.54) is 0 Å². The van der Waals surface area contributed by atoms with Gasteiger partial charge in [-0.15, -0.1) is 0 Å². The van der Waals surface area contributed by atoms with Crippen LogP contribution in [0.25, 0.3) is 0 Å². The third kappa shape index (κ3) is 3.55. The first-order chi connectivity index (χ1) is 12.3. The number of hydrogen-bond donors (Lipinski definition) is 1. The molecule has 1 N–H and O–H groups in total. The Balaban J connectivity index is 1.73. The van der Waals surface area contributed by atoms with Crippen molar-refractivity contribution in [2.45, 2.75) is 25.7 Å². The van der Waals surface area contributed by atoms with E-state index in [0.29, 0.717) is 5.69 Å². The monoisotopic (exact) mass is 375 g/mol. The van der Waals surface area contributed by atoms with Gasteiger partial charge in [0.25, 0.3) is 5.91 Å². The van der Waals surface area contributed by atoms with E-state index in [2.05, 4.69) is 10.4 Å². The van der Waals surface area contributed by atoms with Crippen LogP contribution in [0.15, 0.2) is 18.2 Å². The van der Waals surface area contributed by atoms with Crippen LogP contribution in [0.4, 0.5) is 22.0 Å². The quantitative estimate of drug-likeness (QED) is 0.836. The average molecular weight is 375 g/mol. The Morgan fingerprint density at radius 2 is 1.96 bits per heavy atom. The van der Waals surface area contributed by atoms with Crippen LogP contribution < -0.4 is 5.32 Å². The number of hydrogen-bond acceptors (Lipinski definition) is 3. The van der Waals surface area contributed by atoms with Gasteiger partial charge >= 0.3 is 6.18 Å². The maximum Gasteiger partial charge on any atom is 0.435 e. The zero-order chi connectivity index (χ0) is 18.9. The molecule has 3 rings (SSSR count). The summed E-state index contributed by atoms with van der Waals surface area (Å²) in [5.74, 6) is -3.02. The SMILES string of the molecule is O=C(NCCn1nc(C(F)(F)F)c2c1CCOC2)c1c(F)cccc1F. The van der Waals surface area contributed by atoms with Crippen molar-refractivity contribution >= 4 is 5.91 Å². The van der Waals surface area contributed by atoms with E-state index in [-0.39, 0.29) is 38.3 Å². The maximum absolute atomic E-state index is 13.6. The van der Waals surface area contributed by atoms with Gasteiger partial charge in [0.2, 0.25) is 0 Å². The molecule has 0 saturated heterocycles. The second kappa shape index (κ2) is 7.02. The van der Waals surface area contributed by atoms with Crippen molar-refractivity contribution in [3.63, 3.8) is 0 Å². The molecular formula is C16H14F5N3O2. The lowest BCUT2D eigenvalue weighted by molar-refractivity contribution is -0.142. The predicted octanol–water partition coefficient (Wildman–Crippen LogP) is 2.68. The van der Waals surface area contributed by atoms with E-state index in [0.717, 1.165) is 22.9 Å². The van der Waals surface area contributed by atoms with Crippen molar-refractivity contribution < 1.29 is 31.5 Å². The normalized spacial score (nSPS) is 14.2. The molecule has 5 nitrogen and oxygen atoms in total. The van der Waals surface area contributed by atoms with E-state index in [9.17, 15) is 26.7 Å². The largest absolute Gasteiger partial charge is 0.435 e. The number of amides is 1. The Hall–Kier alpha value is -2.49. The Labute approximate surface area is 144 Å². The van der Waals surface area contributed by atoms with Gasteiger partial charge in [-0.3, -0.25) is 9.48 Å². The van der Waals surface area contributed by atoms with Gasteiger partial charge in [-0.2, -0.15) is 18.3 Å². The molecule has 0 bridgehead atoms. The minimum atomic E-state index is -4.62. The number of alkyl halides is 3. The highest BCUT2D eigenvalue weighted by Crippen LogP contribution is 2.34. The lowest BCUT2D eigenvalue weighted by Crippen LogP contribution is -2.29. The minimum Gasteiger partial charge on any atom is -0.376 e. The molecule has 1 aromatic carbocycles. The van der Waals surface area contributed by atoms with Crippen LogP contribution in [-0.2, 0) is 30.5 Å². The van der Waals surface area contributed by atoms with Crippen LogP contribution in [0.1, 0.15) is 27.3 Å². The van der Waals surface area contributed by atoms with Crippen LogP contribution in [0.5, 0.6) is 0 Å².